The number of nitrogens with zero attached hydrogens (tertiary/aromatic N) is 1. The van der Waals surface area contributed by atoms with E-state index in [0.29, 0.717) is 25.9 Å². The summed E-state index contributed by atoms with van der Waals surface area (Å²) in [6.45, 7) is 7.28. The van der Waals surface area contributed by atoms with Crippen LogP contribution in [-0.2, 0) is 9.59 Å². The quantitative estimate of drug-likeness (QED) is 0.367. The van der Waals surface area contributed by atoms with Gasteiger partial charge in [0.1, 0.15) is 11.9 Å². The van der Waals surface area contributed by atoms with Crippen molar-refractivity contribution in [1.29, 1.82) is 0 Å². The van der Waals surface area contributed by atoms with Gasteiger partial charge in [0, 0.05) is 24.9 Å². The van der Waals surface area contributed by atoms with E-state index in [2.05, 4.69) is 10.2 Å². The molecule has 1 saturated heterocycles. The first-order valence-corrected chi connectivity index (χ1v) is 9.49. The molecule has 2 rings (SSSR count). The lowest BCUT2D eigenvalue weighted by Crippen LogP contribution is -2.50. The smallest absolute Gasteiger partial charge is 0.243 e. The van der Waals surface area contributed by atoms with Crippen LogP contribution in [0.1, 0.15) is 46.5 Å². The molecule has 2 atom stereocenters. The fraction of sp³-hybridized carbons (Fsp3) is 0.600. The number of hydrogen-bond donors (Lipinski definition) is 3. The average molecular weight is 377 g/mol. The molecule has 3 N–H and O–H groups in total. The van der Waals surface area contributed by atoms with Crippen LogP contribution in [0.15, 0.2) is 30.3 Å². The Hall–Kier alpha value is -2.12. The summed E-state index contributed by atoms with van der Waals surface area (Å²) < 4.78 is 6.06. The number of likely N-dealkylation sites (tertiary alicyclic amines) is 1. The highest BCUT2D eigenvalue weighted by atomic mass is 16.5. The maximum atomic E-state index is 12.8. The van der Waals surface area contributed by atoms with Crippen LogP contribution in [0, 0.1) is 0 Å². The maximum absolute atomic E-state index is 12.8. The van der Waals surface area contributed by atoms with Crippen molar-refractivity contribution in [3.8, 4) is 5.75 Å². The number of amides is 2. The number of para-hydroxylation sites is 1. The highest BCUT2D eigenvalue weighted by Gasteiger charge is 2.38. The third-order valence-corrected chi connectivity index (χ3v) is 4.44. The molecule has 0 saturated carbocycles. The van der Waals surface area contributed by atoms with E-state index in [1.807, 2.05) is 51.1 Å². The van der Waals surface area contributed by atoms with Crippen LogP contribution in [0.5, 0.6) is 5.75 Å². The topological polar surface area (TPSA) is 90.9 Å². The van der Waals surface area contributed by atoms with Crippen LogP contribution in [0.25, 0.3) is 0 Å². The molecule has 1 aromatic carbocycles. The molecule has 0 radical (unpaired) electrons. The third-order valence-electron chi connectivity index (χ3n) is 4.44. The van der Waals surface area contributed by atoms with Crippen molar-refractivity contribution in [1.82, 2.24) is 15.7 Å². The number of carbonyl (C=O) groups is 2. The molecular weight excluding hydrogens is 346 g/mol. The Morgan fingerprint density at radius 1 is 1.22 bits per heavy atom. The zero-order chi connectivity index (χ0) is 19.9. The van der Waals surface area contributed by atoms with Gasteiger partial charge in [0.15, 0.2) is 0 Å². The molecule has 0 unspecified atom stereocenters. The van der Waals surface area contributed by atoms with Crippen molar-refractivity contribution < 1.29 is 19.5 Å². The summed E-state index contributed by atoms with van der Waals surface area (Å²) in [6, 6.07) is 9.39. The number of rotatable bonds is 8. The van der Waals surface area contributed by atoms with E-state index in [0.717, 1.165) is 12.2 Å². The predicted octanol–water partition coefficient (Wildman–Crippen LogP) is 2.10. The summed E-state index contributed by atoms with van der Waals surface area (Å²) >= 11 is 0. The second-order valence-corrected chi connectivity index (χ2v) is 8.03. The number of hydroxylamine groups is 1. The first kappa shape index (κ1) is 21.2. The molecule has 7 nitrogen and oxygen atoms in total. The monoisotopic (exact) mass is 377 g/mol. The van der Waals surface area contributed by atoms with E-state index in [1.165, 1.54) is 0 Å². The van der Waals surface area contributed by atoms with E-state index in [1.54, 1.807) is 5.48 Å². The van der Waals surface area contributed by atoms with Crippen molar-refractivity contribution >= 4 is 11.8 Å². The minimum Gasteiger partial charge on any atom is -0.489 e. The van der Waals surface area contributed by atoms with Gasteiger partial charge in [-0.05, 0) is 52.3 Å². The molecule has 1 fully saturated rings. The molecule has 0 aromatic heterocycles. The van der Waals surface area contributed by atoms with E-state index in [-0.39, 0.29) is 35.9 Å². The Morgan fingerprint density at radius 3 is 2.56 bits per heavy atom. The van der Waals surface area contributed by atoms with Crippen molar-refractivity contribution in [3.05, 3.63) is 30.3 Å². The Labute approximate surface area is 161 Å². The molecule has 2 amide bonds. The van der Waals surface area contributed by atoms with Crippen molar-refractivity contribution in [2.45, 2.75) is 64.1 Å². The zero-order valence-corrected chi connectivity index (χ0v) is 16.4. The van der Waals surface area contributed by atoms with Gasteiger partial charge >= 0.3 is 0 Å². The van der Waals surface area contributed by atoms with Crippen molar-refractivity contribution in [2.24, 2.45) is 0 Å². The number of ether oxygens (including phenoxy) is 1. The van der Waals surface area contributed by atoms with E-state index in [4.69, 9.17) is 9.94 Å². The highest BCUT2D eigenvalue weighted by molar-refractivity contribution is 5.82. The summed E-state index contributed by atoms with van der Waals surface area (Å²) in [7, 11) is 0. The number of hydrogen-bond acceptors (Lipinski definition) is 5. The average Bonchev–Trinajstić information content (AvgIpc) is 3.00. The van der Waals surface area contributed by atoms with Crippen LogP contribution >= 0.6 is 0 Å². The van der Waals surface area contributed by atoms with Gasteiger partial charge in [-0.15, -0.1) is 0 Å². The lowest BCUT2D eigenvalue weighted by Gasteiger charge is -2.27. The fourth-order valence-corrected chi connectivity index (χ4v) is 3.27. The molecule has 0 bridgehead atoms. The third kappa shape index (κ3) is 7.19. The van der Waals surface area contributed by atoms with Crippen LogP contribution < -0.4 is 15.5 Å². The van der Waals surface area contributed by atoms with Gasteiger partial charge < -0.3 is 10.1 Å². The molecule has 1 aliphatic rings. The van der Waals surface area contributed by atoms with Crippen molar-refractivity contribution in [2.75, 3.05) is 13.1 Å². The Balaban J connectivity index is 1.95. The predicted molar refractivity (Wildman–Crippen MR) is 103 cm³/mol. The fourth-order valence-electron chi connectivity index (χ4n) is 3.27. The Bertz CT molecular complexity index is 615. The largest absolute Gasteiger partial charge is 0.489 e. The molecule has 150 valence electrons. The summed E-state index contributed by atoms with van der Waals surface area (Å²) in [4.78, 5) is 26.0. The van der Waals surface area contributed by atoms with Gasteiger partial charge in [-0.1, -0.05) is 18.2 Å². The van der Waals surface area contributed by atoms with Crippen LogP contribution in [0.2, 0.25) is 0 Å². The van der Waals surface area contributed by atoms with E-state index >= 15 is 0 Å². The zero-order valence-electron chi connectivity index (χ0n) is 16.4. The molecule has 1 aromatic rings. The normalized spacial score (nSPS) is 20.3. The number of unbranched alkanes of at least 4 members (excludes halogenated alkanes) is 1. The van der Waals surface area contributed by atoms with Crippen molar-refractivity contribution in [3.63, 3.8) is 0 Å². The summed E-state index contributed by atoms with van der Waals surface area (Å²) in [5.74, 6) is 0.428. The van der Waals surface area contributed by atoms with Gasteiger partial charge in [-0.3, -0.25) is 19.7 Å². The lowest BCUT2D eigenvalue weighted by molar-refractivity contribution is -0.129. The Morgan fingerprint density at radius 2 is 1.93 bits per heavy atom. The summed E-state index contributed by atoms with van der Waals surface area (Å²) in [5.41, 5.74) is 1.35. The lowest BCUT2D eigenvalue weighted by atomic mass is 10.1. The van der Waals surface area contributed by atoms with E-state index in [9.17, 15) is 9.59 Å². The van der Waals surface area contributed by atoms with Gasteiger partial charge in [-0.2, -0.15) is 0 Å². The van der Waals surface area contributed by atoms with Gasteiger partial charge in [0.25, 0.3) is 0 Å². The number of benzene rings is 1. The summed E-state index contributed by atoms with van der Waals surface area (Å²) in [5, 5.41) is 11.6. The number of carbonyl (C=O) groups excluding carboxylic acids is 2. The molecule has 0 aliphatic carbocycles. The molecule has 1 heterocycles. The minimum absolute atomic E-state index is 0.00904. The van der Waals surface area contributed by atoms with Gasteiger partial charge in [-0.25, -0.2) is 5.48 Å². The van der Waals surface area contributed by atoms with Gasteiger partial charge in [0.2, 0.25) is 11.8 Å². The Kier molecular flexibility index (Phi) is 7.62. The highest BCUT2D eigenvalue weighted by Crippen LogP contribution is 2.24. The molecular formula is C20H31N3O4. The van der Waals surface area contributed by atoms with Crippen LogP contribution in [-0.4, -0.2) is 52.7 Å². The maximum Gasteiger partial charge on any atom is 0.243 e. The van der Waals surface area contributed by atoms with Gasteiger partial charge in [0.05, 0.1) is 6.04 Å². The molecule has 27 heavy (non-hydrogen) atoms. The second kappa shape index (κ2) is 9.71. The standard InChI is InChI=1S/C20H31N3O4/c1-20(2,3)21-19(25)17-13-16(27-15-9-5-4-6-10-15)14-23(17)12-8-7-11-18(24)22-26/h4-6,9-10,16-17,26H,7-8,11-14H2,1-3H3,(H,21,25)(H,22,24)/t16-,17-/m0/s1. The minimum atomic E-state index is -0.385. The second-order valence-electron chi connectivity index (χ2n) is 8.03. The summed E-state index contributed by atoms with van der Waals surface area (Å²) in [6.07, 6.45) is 2.27. The van der Waals surface area contributed by atoms with Crippen LogP contribution in [0.4, 0.5) is 0 Å². The first-order chi connectivity index (χ1) is 12.8. The van der Waals surface area contributed by atoms with E-state index < -0.39 is 0 Å². The number of nitrogens with one attached hydrogen (secondary N) is 2. The molecule has 0 spiro atoms. The SMILES string of the molecule is CC(C)(C)NC(=O)[C@@H]1C[C@H](Oc2ccccc2)CN1CCCCC(=O)NO. The first-order valence-electron chi connectivity index (χ1n) is 9.49. The van der Waals surface area contributed by atoms with Crippen LogP contribution in [0.3, 0.4) is 0 Å². The molecule has 1 aliphatic heterocycles. The molecule has 7 heteroatoms.